The first kappa shape index (κ1) is 17.1. The zero-order valence-electron chi connectivity index (χ0n) is 15.7. The molecular formula is C22H26N2O2. The number of methoxy groups -OCH3 is 1. The molecule has 1 amide bonds. The third-order valence-electron chi connectivity index (χ3n) is 6.03. The molecule has 4 nitrogen and oxygen atoms in total. The number of rotatable bonds is 3. The number of amides is 1. The maximum atomic E-state index is 12.9. The van der Waals surface area contributed by atoms with E-state index in [0.29, 0.717) is 17.9 Å². The van der Waals surface area contributed by atoms with Crippen LogP contribution in [0, 0.1) is 18.8 Å². The molecule has 0 aliphatic carbocycles. The lowest BCUT2D eigenvalue weighted by atomic mass is 9.88. The molecule has 0 saturated carbocycles. The third kappa shape index (κ3) is 2.88. The van der Waals surface area contributed by atoms with Crippen LogP contribution in [0.5, 0.6) is 5.75 Å². The van der Waals surface area contributed by atoms with E-state index in [9.17, 15) is 4.79 Å². The van der Waals surface area contributed by atoms with Crippen LogP contribution in [0.3, 0.4) is 0 Å². The largest absolute Gasteiger partial charge is 0.497 e. The number of aryl methyl sites for hydroxylation is 1. The number of hydrogen-bond acceptors (Lipinski definition) is 3. The SMILES string of the molecule is COc1ccc(C(=O)N2C[C@@H]3CN(C)[C@H](c4ccccc4C)[C@@H]3C2)cc1. The summed E-state index contributed by atoms with van der Waals surface area (Å²) in [6.07, 6.45) is 0. The first-order valence-electron chi connectivity index (χ1n) is 9.27. The lowest BCUT2D eigenvalue weighted by molar-refractivity contribution is 0.0768. The van der Waals surface area contributed by atoms with Gasteiger partial charge in [-0.15, -0.1) is 0 Å². The van der Waals surface area contributed by atoms with Crippen LogP contribution < -0.4 is 4.74 Å². The number of ether oxygens (including phenoxy) is 1. The van der Waals surface area contributed by atoms with Gasteiger partial charge in [-0.25, -0.2) is 0 Å². The van der Waals surface area contributed by atoms with E-state index in [1.54, 1.807) is 7.11 Å². The van der Waals surface area contributed by atoms with Crippen LogP contribution in [0.2, 0.25) is 0 Å². The number of hydrogen-bond donors (Lipinski definition) is 0. The molecule has 0 aromatic heterocycles. The minimum Gasteiger partial charge on any atom is -0.497 e. The highest BCUT2D eigenvalue weighted by Gasteiger charge is 2.47. The van der Waals surface area contributed by atoms with E-state index in [1.165, 1.54) is 11.1 Å². The van der Waals surface area contributed by atoms with Crippen molar-refractivity contribution in [2.75, 3.05) is 33.8 Å². The smallest absolute Gasteiger partial charge is 0.253 e. The summed E-state index contributed by atoms with van der Waals surface area (Å²) in [7, 11) is 3.85. The van der Waals surface area contributed by atoms with Crippen LogP contribution in [-0.2, 0) is 0 Å². The van der Waals surface area contributed by atoms with Gasteiger partial charge in [-0.2, -0.15) is 0 Å². The second-order valence-electron chi connectivity index (χ2n) is 7.60. The Bertz CT molecular complexity index is 802. The summed E-state index contributed by atoms with van der Waals surface area (Å²) in [4.78, 5) is 17.4. The summed E-state index contributed by atoms with van der Waals surface area (Å²) in [6, 6.07) is 16.5. The summed E-state index contributed by atoms with van der Waals surface area (Å²) in [5.41, 5.74) is 3.48. The average Bonchev–Trinajstić information content (AvgIpc) is 3.19. The molecule has 4 heteroatoms. The molecule has 2 fully saturated rings. The van der Waals surface area contributed by atoms with Gasteiger partial charge in [-0.05, 0) is 55.3 Å². The van der Waals surface area contributed by atoms with E-state index in [2.05, 4.69) is 43.1 Å². The van der Waals surface area contributed by atoms with E-state index >= 15 is 0 Å². The molecule has 0 N–H and O–H groups in total. The van der Waals surface area contributed by atoms with Crippen molar-refractivity contribution in [2.45, 2.75) is 13.0 Å². The van der Waals surface area contributed by atoms with Crippen molar-refractivity contribution >= 4 is 5.91 Å². The molecule has 0 radical (unpaired) electrons. The van der Waals surface area contributed by atoms with Crippen molar-refractivity contribution in [2.24, 2.45) is 11.8 Å². The zero-order valence-corrected chi connectivity index (χ0v) is 15.7. The van der Waals surface area contributed by atoms with E-state index in [4.69, 9.17) is 4.74 Å². The molecule has 2 heterocycles. The predicted octanol–water partition coefficient (Wildman–Crippen LogP) is 3.38. The second-order valence-corrected chi connectivity index (χ2v) is 7.60. The van der Waals surface area contributed by atoms with Gasteiger partial charge in [0.15, 0.2) is 0 Å². The normalized spacial score (nSPS) is 25.3. The standard InChI is InChI=1S/C22H26N2O2/c1-15-6-4-5-7-19(15)21-20-14-24(13-17(20)12-23(21)2)22(25)16-8-10-18(26-3)11-9-16/h4-11,17,20-21H,12-14H2,1-3H3/t17-,20+,21+/m0/s1. The van der Waals surface area contributed by atoms with Gasteiger partial charge in [0.2, 0.25) is 0 Å². The highest BCUT2D eigenvalue weighted by molar-refractivity contribution is 5.94. The molecule has 4 rings (SSSR count). The minimum atomic E-state index is 0.133. The first-order chi connectivity index (χ1) is 12.6. The Morgan fingerprint density at radius 3 is 2.46 bits per heavy atom. The van der Waals surface area contributed by atoms with Gasteiger partial charge in [0, 0.05) is 37.2 Å². The Balaban J connectivity index is 1.54. The number of carbonyl (C=O) groups excluding carboxylic acids is 1. The number of likely N-dealkylation sites (tertiary alicyclic amines) is 2. The quantitative estimate of drug-likeness (QED) is 0.851. The van der Waals surface area contributed by atoms with Crippen LogP contribution in [0.1, 0.15) is 27.5 Å². The minimum absolute atomic E-state index is 0.133. The Hall–Kier alpha value is -2.33. The van der Waals surface area contributed by atoms with Gasteiger partial charge < -0.3 is 9.64 Å². The Labute approximate surface area is 155 Å². The monoisotopic (exact) mass is 350 g/mol. The number of fused-ring (bicyclic) bond motifs is 1. The van der Waals surface area contributed by atoms with Crippen molar-refractivity contribution in [1.29, 1.82) is 0 Å². The predicted molar refractivity (Wildman–Crippen MR) is 102 cm³/mol. The highest BCUT2D eigenvalue weighted by Crippen LogP contribution is 2.45. The van der Waals surface area contributed by atoms with E-state index in [1.807, 2.05) is 29.2 Å². The summed E-state index contributed by atoms with van der Waals surface area (Å²) < 4.78 is 5.19. The van der Waals surface area contributed by atoms with Crippen molar-refractivity contribution in [3.8, 4) is 5.75 Å². The topological polar surface area (TPSA) is 32.8 Å². The van der Waals surface area contributed by atoms with Crippen LogP contribution in [0.15, 0.2) is 48.5 Å². The van der Waals surface area contributed by atoms with Gasteiger partial charge in [-0.1, -0.05) is 24.3 Å². The number of carbonyl (C=O) groups is 1. The fourth-order valence-electron chi connectivity index (χ4n) is 4.73. The Morgan fingerprint density at radius 1 is 1.04 bits per heavy atom. The van der Waals surface area contributed by atoms with Crippen molar-refractivity contribution in [3.05, 3.63) is 65.2 Å². The van der Waals surface area contributed by atoms with Gasteiger partial charge in [0.25, 0.3) is 5.91 Å². The Kier molecular flexibility index (Phi) is 4.45. The third-order valence-corrected chi connectivity index (χ3v) is 6.03. The molecule has 3 atom stereocenters. The number of benzene rings is 2. The van der Waals surface area contributed by atoms with E-state index in [0.717, 1.165) is 30.9 Å². The molecule has 0 unspecified atom stereocenters. The van der Waals surface area contributed by atoms with Crippen LogP contribution in [-0.4, -0.2) is 49.5 Å². The fraction of sp³-hybridized carbons (Fsp3) is 0.409. The van der Waals surface area contributed by atoms with Gasteiger partial charge in [0.05, 0.1) is 7.11 Å². The zero-order chi connectivity index (χ0) is 18.3. The fourth-order valence-corrected chi connectivity index (χ4v) is 4.73. The van der Waals surface area contributed by atoms with E-state index < -0.39 is 0 Å². The van der Waals surface area contributed by atoms with Crippen molar-refractivity contribution in [3.63, 3.8) is 0 Å². The highest BCUT2D eigenvalue weighted by atomic mass is 16.5. The maximum Gasteiger partial charge on any atom is 0.253 e. The maximum absolute atomic E-state index is 12.9. The Morgan fingerprint density at radius 2 is 1.77 bits per heavy atom. The van der Waals surface area contributed by atoms with E-state index in [-0.39, 0.29) is 5.91 Å². The molecular weight excluding hydrogens is 324 g/mol. The summed E-state index contributed by atoms with van der Waals surface area (Å²) in [6.45, 7) is 4.92. The number of nitrogens with zero attached hydrogens (tertiary/aromatic N) is 2. The van der Waals surface area contributed by atoms with Crippen molar-refractivity contribution < 1.29 is 9.53 Å². The molecule has 2 saturated heterocycles. The van der Waals surface area contributed by atoms with Gasteiger partial charge in [0.1, 0.15) is 5.75 Å². The average molecular weight is 350 g/mol. The van der Waals surface area contributed by atoms with Crippen LogP contribution in [0.25, 0.3) is 0 Å². The van der Waals surface area contributed by atoms with Gasteiger partial charge >= 0.3 is 0 Å². The molecule has 2 aliphatic rings. The van der Waals surface area contributed by atoms with Crippen LogP contribution >= 0.6 is 0 Å². The molecule has 0 bridgehead atoms. The van der Waals surface area contributed by atoms with Crippen LogP contribution in [0.4, 0.5) is 0 Å². The molecule has 2 aromatic rings. The molecule has 0 spiro atoms. The lowest BCUT2D eigenvalue weighted by Crippen LogP contribution is -2.33. The summed E-state index contributed by atoms with van der Waals surface area (Å²) >= 11 is 0. The summed E-state index contributed by atoms with van der Waals surface area (Å²) in [5.74, 6) is 1.96. The summed E-state index contributed by atoms with van der Waals surface area (Å²) in [5, 5.41) is 0. The molecule has 2 aliphatic heterocycles. The van der Waals surface area contributed by atoms with Gasteiger partial charge in [-0.3, -0.25) is 9.69 Å². The molecule has 26 heavy (non-hydrogen) atoms. The molecule has 136 valence electrons. The van der Waals surface area contributed by atoms with Crippen molar-refractivity contribution in [1.82, 2.24) is 9.80 Å². The first-order valence-corrected chi connectivity index (χ1v) is 9.27. The molecule has 2 aromatic carbocycles. The second kappa shape index (κ2) is 6.76. The lowest BCUT2D eigenvalue weighted by Gasteiger charge is -2.28.